The molecule has 88 heavy (non-hydrogen) atoms. The maximum atomic E-state index is 9.18. The van der Waals surface area contributed by atoms with Crippen molar-refractivity contribution < 1.29 is 71.4 Å². The third kappa shape index (κ3) is 18.9. The molecule has 7 N–H and O–H groups in total. The number of aryl methyl sites for hydroxylation is 5. The normalized spacial score (nSPS) is 16.6. The Morgan fingerprint density at radius 1 is 0.364 bits per heavy atom. The van der Waals surface area contributed by atoms with Gasteiger partial charge in [-0.2, -0.15) is 0 Å². The summed E-state index contributed by atoms with van der Waals surface area (Å²) in [6, 6.07) is 11.1. The van der Waals surface area contributed by atoms with Gasteiger partial charge in [-0.15, -0.1) is 0 Å². The highest BCUT2D eigenvalue weighted by Gasteiger charge is 2.54. The van der Waals surface area contributed by atoms with Gasteiger partial charge >= 0.3 is 35.4 Å². The third-order valence-corrected chi connectivity index (χ3v) is 15.6. The van der Waals surface area contributed by atoms with E-state index in [2.05, 4.69) is 29.9 Å². The van der Waals surface area contributed by atoms with Gasteiger partial charge in [0, 0.05) is 81.3 Å². The summed E-state index contributed by atoms with van der Waals surface area (Å²) in [6.07, 6.45) is 9.86. The van der Waals surface area contributed by atoms with E-state index in [1.807, 2.05) is 129 Å². The first-order chi connectivity index (χ1) is 40.8. The Labute approximate surface area is 522 Å². The Bertz CT molecular complexity index is 2940. The molecule has 0 saturated carbocycles. The van der Waals surface area contributed by atoms with Crippen LogP contribution in [-0.2, 0) is 27.9 Å². The minimum Gasteiger partial charge on any atom is -0.481 e. The fraction of sp³-hybridized carbons (Fsp3) is 0.500. The molecular formula is C60H91B5N8O15. The quantitative estimate of drug-likeness (QED) is 0.110. The van der Waals surface area contributed by atoms with Crippen molar-refractivity contribution in [2.45, 2.75) is 158 Å². The summed E-state index contributed by atoms with van der Waals surface area (Å²) in [7, 11) is 6.76. The van der Waals surface area contributed by atoms with Crippen molar-refractivity contribution in [1.29, 1.82) is 0 Å². The molecule has 0 bridgehead atoms. The molecule has 28 heteroatoms. The molecule has 9 rings (SSSR count). The Kier molecular flexibility index (Phi) is 25.7. The molecule has 0 atom stereocenters. The fourth-order valence-corrected chi connectivity index (χ4v) is 8.32. The van der Waals surface area contributed by atoms with E-state index >= 15 is 0 Å². The highest BCUT2D eigenvalue weighted by atomic mass is 16.7. The summed E-state index contributed by atoms with van der Waals surface area (Å²) in [4.78, 5) is 24.5. The summed E-state index contributed by atoms with van der Waals surface area (Å²) in [6.45, 7) is 35.1. The van der Waals surface area contributed by atoms with E-state index in [1.165, 1.54) is 33.1 Å². The van der Waals surface area contributed by atoms with E-state index in [9.17, 15) is 5.02 Å². The van der Waals surface area contributed by atoms with Gasteiger partial charge in [-0.25, -0.2) is 29.9 Å². The number of hydrogen-bond donors (Lipinski definition) is 5. The number of nitrogens with zero attached hydrogens (tertiary/aromatic N) is 6. The molecule has 0 aliphatic carbocycles. The van der Waals surface area contributed by atoms with Crippen molar-refractivity contribution in [2.75, 3.05) is 54.1 Å². The molecule has 3 fully saturated rings. The lowest BCUT2D eigenvalue weighted by Crippen LogP contribution is -2.41. The van der Waals surface area contributed by atoms with Gasteiger partial charge in [0.1, 0.15) is 0 Å². The van der Waals surface area contributed by atoms with Crippen molar-refractivity contribution in [3.05, 3.63) is 101 Å². The van der Waals surface area contributed by atoms with E-state index in [1.54, 1.807) is 84.3 Å². The summed E-state index contributed by atoms with van der Waals surface area (Å²) in [5.74, 6) is 3.28. The van der Waals surface area contributed by atoms with Crippen LogP contribution < -0.4 is 67.2 Å². The molecule has 0 spiro atoms. The maximum Gasteiger partial charge on any atom is 0.496 e. The molecule has 9 heterocycles. The summed E-state index contributed by atoms with van der Waals surface area (Å²) in [5, 5.41) is 26.7. The van der Waals surface area contributed by atoms with Crippen LogP contribution in [-0.4, -0.2) is 157 Å². The number of nitrogen functional groups attached to an aromatic ring is 2. The standard InChI is InChI=1S/2C13H20BNO3.C12H19BN2O3.C8H11NO.C7H11BN2O2.C7H10BNO3/c2*1-9-7-10(8-15-11(9)16-6)14-17-12(2,3)13(4,5)18-14;1-11(2)12(3,4)18-13(17-11)8-6-9(14)10(16-5)15-7-8;1-6-4-7(2)8(10-3)9-5-6;1-8(11)5-3-6(9)7(12-2)10-4-5;1-5-3-6(8(10)11)4-9-7(5)12-2/h2*7-8H,1-6H3;6-7H,14H2,1-5H3;4-5H,1-3H3;3-4,11H,9H2,1-2H3;3-4,10-11H,1-2H3. The van der Waals surface area contributed by atoms with Gasteiger partial charge < -0.3 is 82.9 Å². The maximum absolute atomic E-state index is 9.18. The minimum absolute atomic E-state index is 0.328. The van der Waals surface area contributed by atoms with E-state index in [4.69, 9.17) is 77.9 Å². The lowest BCUT2D eigenvalue weighted by atomic mass is 9.65. The molecule has 3 saturated heterocycles. The van der Waals surface area contributed by atoms with Crippen LogP contribution in [0.2, 0.25) is 6.82 Å². The van der Waals surface area contributed by atoms with Crippen LogP contribution in [0.25, 0.3) is 0 Å². The Morgan fingerprint density at radius 3 is 0.898 bits per heavy atom. The van der Waals surface area contributed by atoms with Gasteiger partial charge in [0.05, 0.1) is 87.6 Å². The van der Waals surface area contributed by atoms with Gasteiger partial charge in [0.2, 0.25) is 35.3 Å². The number of pyridine rings is 6. The first-order valence-corrected chi connectivity index (χ1v) is 28.5. The topological polar surface area (TPSA) is 301 Å². The zero-order valence-electron chi connectivity index (χ0n) is 55.9. The summed E-state index contributed by atoms with van der Waals surface area (Å²) < 4.78 is 65.8. The SMILES string of the molecule is COc1ncc(B(C)O)cc1N.COc1ncc(B(O)O)cc1C.COc1ncc(B2OC(C)(C)C(C)(C)O2)cc1C.COc1ncc(B2OC(C)(C)C(C)(C)O2)cc1C.COc1ncc(B2OC(C)(C)C(C)(C)O2)cc1N.COc1ncc(C)cc1C. The van der Waals surface area contributed by atoms with Crippen molar-refractivity contribution in [3.8, 4) is 35.3 Å². The predicted molar refractivity (Wildman–Crippen MR) is 348 cm³/mol. The van der Waals surface area contributed by atoms with Crippen molar-refractivity contribution in [2.24, 2.45) is 0 Å². The molecule has 0 radical (unpaired) electrons. The van der Waals surface area contributed by atoms with E-state index < -0.39 is 21.2 Å². The number of rotatable bonds is 11. The molecule has 3 aliphatic heterocycles. The average Bonchev–Trinajstić information content (AvgIpc) is 1.69. The zero-order valence-corrected chi connectivity index (χ0v) is 55.9. The first-order valence-electron chi connectivity index (χ1n) is 28.5. The Hall–Kier alpha value is -6.74. The second-order valence-corrected chi connectivity index (χ2v) is 24.2. The zero-order chi connectivity index (χ0) is 66.5. The second kappa shape index (κ2) is 30.7. The molecule has 23 nitrogen and oxygen atoms in total. The van der Waals surface area contributed by atoms with Gasteiger partial charge in [-0.3, -0.25) is 0 Å². The molecule has 6 aromatic heterocycles. The minimum atomic E-state index is -1.47. The highest BCUT2D eigenvalue weighted by Crippen LogP contribution is 2.39. The van der Waals surface area contributed by atoms with Crippen LogP contribution in [0, 0.1) is 34.6 Å². The van der Waals surface area contributed by atoms with Crippen molar-refractivity contribution >= 4 is 74.1 Å². The van der Waals surface area contributed by atoms with Crippen molar-refractivity contribution in [3.63, 3.8) is 0 Å². The first kappa shape index (κ1) is 73.7. The van der Waals surface area contributed by atoms with Crippen LogP contribution in [0.1, 0.15) is 111 Å². The molecule has 3 aliphatic rings. The molecule has 6 aromatic rings. The monoisotopic (exact) mass is 1220 g/mol. The molecule has 0 amide bonds. The number of aromatic nitrogens is 6. The van der Waals surface area contributed by atoms with Crippen molar-refractivity contribution in [1.82, 2.24) is 29.9 Å². The van der Waals surface area contributed by atoms with Crippen LogP contribution >= 0.6 is 0 Å². The number of anilines is 2. The Morgan fingerprint density at radius 2 is 0.625 bits per heavy atom. The van der Waals surface area contributed by atoms with Crippen LogP contribution in [0.5, 0.6) is 35.3 Å². The third-order valence-electron chi connectivity index (χ3n) is 15.6. The van der Waals surface area contributed by atoms with E-state index in [-0.39, 0.29) is 47.8 Å². The van der Waals surface area contributed by atoms with Crippen LogP contribution in [0.15, 0.2) is 73.6 Å². The largest absolute Gasteiger partial charge is 0.496 e. The van der Waals surface area contributed by atoms with Gasteiger partial charge in [0.25, 0.3) is 0 Å². The predicted octanol–water partition coefficient (Wildman–Crippen LogP) is 4.65. The second-order valence-electron chi connectivity index (χ2n) is 24.2. The summed E-state index contributed by atoms with van der Waals surface area (Å²) >= 11 is 0. The smallest absolute Gasteiger partial charge is 0.481 e. The molecule has 0 unspecified atom stereocenters. The van der Waals surface area contributed by atoms with Gasteiger partial charge in [0.15, 0.2) is 0 Å². The van der Waals surface area contributed by atoms with E-state index in [0.29, 0.717) is 57.6 Å². The van der Waals surface area contributed by atoms with Gasteiger partial charge in [-0.1, -0.05) is 25.0 Å². The Balaban J connectivity index is 0.000000229. The number of ether oxygens (including phenoxy) is 6. The molecule has 0 aromatic carbocycles. The average molecular weight is 1220 g/mol. The van der Waals surface area contributed by atoms with E-state index in [0.717, 1.165) is 38.6 Å². The number of nitrogens with two attached hydrogens (primary N) is 2. The molecular weight excluding hydrogens is 1130 g/mol. The van der Waals surface area contributed by atoms with Crippen LogP contribution in [0.4, 0.5) is 11.4 Å². The summed E-state index contributed by atoms with van der Waals surface area (Å²) in [5.41, 5.74) is 19.0. The lowest BCUT2D eigenvalue weighted by molar-refractivity contribution is 0.00578. The van der Waals surface area contributed by atoms with Gasteiger partial charge in [-0.05, 0) is 147 Å². The van der Waals surface area contributed by atoms with Crippen LogP contribution in [0.3, 0.4) is 0 Å². The fourth-order valence-electron chi connectivity index (χ4n) is 8.32. The lowest BCUT2D eigenvalue weighted by Gasteiger charge is -2.32. The number of methoxy groups -OCH3 is 6. The molecule has 476 valence electrons. The highest BCUT2D eigenvalue weighted by molar-refractivity contribution is 6.65. The number of hydrogen-bond acceptors (Lipinski definition) is 23.